The number of rotatable bonds is 4. The van der Waals surface area contributed by atoms with Crippen LogP contribution in [0, 0.1) is 0 Å². The molecule has 0 unspecified atom stereocenters. The lowest BCUT2D eigenvalue weighted by Gasteiger charge is -2.09. The predicted octanol–water partition coefficient (Wildman–Crippen LogP) is -1.90. The van der Waals surface area contributed by atoms with Crippen molar-refractivity contribution in [1.82, 2.24) is 0 Å². The van der Waals surface area contributed by atoms with Crippen molar-refractivity contribution in [2.24, 2.45) is 0 Å². The zero-order valence-corrected chi connectivity index (χ0v) is 13.5. The highest BCUT2D eigenvalue weighted by Gasteiger charge is 2.30. The minimum Gasteiger partial charge on any atom is -0.386 e. The largest absolute Gasteiger partial charge is 0.528 e. The number of hydrogen-bond acceptors (Lipinski definition) is 6. The van der Waals surface area contributed by atoms with Crippen molar-refractivity contribution < 1.29 is 28.8 Å². The Morgan fingerprint density at radius 2 is 0.773 bits per heavy atom. The molecule has 8 heteroatoms. The van der Waals surface area contributed by atoms with Crippen LogP contribution in [0.5, 0.6) is 0 Å². The molecule has 0 amide bonds. The van der Waals surface area contributed by atoms with Crippen molar-refractivity contribution in [2.45, 2.75) is 0 Å². The average molecular weight is 336 g/mol. The summed E-state index contributed by atoms with van der Waals surface area (Å²) < 4.78 is 0. The number of benzene rings is 2. The van der Waals surface area contributed by atoms with E-state index in [0.717, 1.165) is 11.1 Å². The Hall–Kier alpha value is -1.63. The fraction of sp³-hybridized carbons (Fsp3) is 0. The molecule has 22 heavy (non-hydrogen) atoms. The van der Waals surface area contributed by atoms with Gasteiger partial charge in [0.15, 0.2) is 0 Å². The minimum absolute atomic E-state index is 0.101. The van der Waals surface area contributed by atoms with Crippen molar-refractivity contribution in [3.05, 3.63) is 59.7 Å². The van der Waals surface area contributed by atoms with Crippen LogP contribution in [0.2, 0.25) is 0 Å². The van der Waals surface area contributed by atoms with Gasteiger partial charge >= 0.3 is 17.6 Å². The summed E-state index contributed by atoms with van der Waals surface area (Å²) in [5.74, 6) is 0. The summed E-state index contributed by atoms with van der Waals surface area (Å²) in [6, 6.07) is 12.3. The SMILES string of the molecule is O[Si](O)(O)c1ccc(C=Cc2ccc([Si](O)(O)O)cc2)cc1. The molecule has 6 N–H and O–H groups in total. The Morgan fingerprint density at radius 1 is 0.500 bits per heavy atom. The minimum atomic E-state index is -4.26. The summed E-state index contributed by atoms with van der Waals surface area (Å²) >= 11 is 0. The molecule has 2 aromatic rings. The van der Waals surface area contributed by atoms with Gasteiger partial charge in [-0.3, -0.25) is 0 Å². The molecular formula is C14H16O6Si2. The predicted molar refractivity (Wildman–Crippen MR) is 85.9 cm³/mol. The molecule has 0 heterocycles. The molecule has 6 nitrogen and oxygen atoms in total. The van der Waals surface area contributed by atoms with Crippen LogP contribution in [0.15, 0.2) is 48.5 Å². The van der Waals surface area contributed by atoms with Crippen LogP contribution >= 0.6 is 0 Å². The average Bonchev–Trinajstić information content (AvgIpc) is 2.44. The van der Waals surface area contributed by atoms with Crippen molar-refractivity contribution in [3.8, 4) is 0 Å². The summed E-state index contributed by atoms with van der Waals surface area (Å²) in [6.45, 7) is 0. The molecule has 0 saturated carbocycles. The summed E-state index contributed by atoms with van der Waals surface area (Å²) in [4.78, 5) is 54.9. The second-order valence-electron chi connectivity index (χ2n) is 4.85. The summed E-state index contributed by atoms with van der Waals surface area (Å²) in [6.07, 6.45) is 3.55. The molecule has 0 bridgehead atoms. The summed E-state index contributed by atoms with van der Waals surface area (Å²) in [7, 11) is -8.52. The lowest BCUT2D eigenvalue weighted by atomic mass is 10.1. The first kappa shape index (κ1) is 16.7. The first-order valence-electron chi connectivity index (χ1n) is 6.40. The number of hydrogen-bond donors (Lipinski definition) is 6. The van der Waals surface area contributed by atoms with Crippen LogP contribution in [0.25, 0.3) is 12.2 Å². The second-order valence-corrected chi connectivity index (χ2v) is 8.54. The van der Waals surface area contributed by atoms with Crippen LogP contribution in [0.4, 0.5) is 0 Å². The van der Waals surface area contributed by atoms with Crippen LogP contribution < -0.4 is 10.4 Å². The molecule has 0 aliphatic carbocycles. The third kappa shape index (κ3) is 4.43. The third-order valence-electron chi connectivity index (χ3n) is 3.06. The molecule has 0 atom stereocenters. The zero-order valence-electron chi connectivity index (χ0n) is 11.5. The van der Waals surface area contributed by atoms with Crippen molar-refractivity contribution in [3.63, 3.8) is 0 Å². The Kier molecular flexibility index (Phi) is 4.75. The van der Waals surface area contributed by atoms with Crippen LogP contribution in [0.3, 0.4) is 0 Å². The molecule has 0 radical (unpaired) electrons. The fourth-order valence-corrected chi connectivity index (χ4v) is 3.06. The van der Waals surface area contributed by atoms with Crippen molar-refractivity contribution >= 4 is 40.1 Å². The maximum Gasteiger partial charge on any atom is 0.528 e. The van der Waals surface area contributed by atoms with Gasteiger partial charge in [0.05, 0.1) is 0 Å². The van der Waals surface area contributed by atoms with Gasteiger partial charge in [0.1, 0.15) is 0 Å². The van der Waals surface area contributed by atoms with Gasteiger partial charge in [0, 0.05) is 10.4 Å². The molecule has 116 valence electrons. The topological polar surface area (TPSA) is 121 Å². The quantitative estimate of drug-likeness (QED) is 0.287. The normalized spacial score (nSPS) is 12.8. The van der Waals surface area contributed by atoms with Crippen molar-refractivity contribution in [2.75, 3.05) is 0 Å². The zero-order chi connectivity index (χ0) is 16.4. The van der Waals surface area contributed by atoms with E-state index < -0.39 is 17.6 Å². The highest BCUT2D eigenvalue weighted by Crippen LogP contribution is 2.08. The fourth-order valence-electron chi connectivity index (χ4n) is 1.83. The highest BCUT2D eigenvalue weighted by molar-refractivity contribution is 6.72. The molecular weight excluding hydrogens is 320 g/mol. The second kappa shape index (κ2) is 6.24. The van der Waals surface area contributed by atoms with E-state index >= 15 is 0 Å². The van der Waals surface area contributed by atoms with E-state index in [1.54, 1.807) is 36.4 Å². The molecule has 2 aromatic carbocycles. The van der Waals surface area contributed by atoms with Crippen molar-refractivity contribution in [1.29, 1.82) is 0 Å². The van der Waals surface area contributed by atoms with E-state index in [-0.39, 0.29) is 10.4 Å². The monoisotopic (exact) mass is 336 g/mol. The van der Waals surface area contributed by atoms with E-state index in [1.165, 1.54) is 24.3 Å². The Bertz CT molecular complexity index is 594. The molecule has 0 fully saturated rings. The highest BCUT2D eigenvalue weighted by atomic mass is 28.4. The van der Waals surface area contributed by atoms with Gasteiger partial charge in [-0.1, -0.05) is 60.7 Å². The molecule has 0 aromatic heterocycles. The van der Waals surface area contributed by atoms with E-state index in [2.05, 4.69) is 0 Å². The molecule has 2 rings (SSSR count). The Morgan fingerprint density at radius 3 is 1.00 bits per heavy atom. The van der Waals surface area contributed by atoms with Gasteiger partial charge in [-0.25, -0.2) is 0 Å². The van der Waals surface area contributed by atoms with Gasteiger partial charge in [-0.2, -0.15) is 0 Å². The summed E-state index contributed by atoms with van der Waals surface area (Å²) in [5, 5.41) is 0.202. The molecule has 0 aliphatic rings. The Labute approximate surface area is 129 Å². The third-order valence-corrected chi connectivity index (χ3v) is 5.28. The lowest BCUT2D eigenvalue weighted by Crippen LogP contribution is -2.48. The van der Waals surface area contributed by atoms with E-state index in [4.69, 9.17) is 28.8 Å². The van der Waals surface area contributed by atoms with Crippen LogP contribution in [-0.2, 0) is 0 Å². The molecule has 0 spiro atoms. The van der Waals surface area contributed by atoms with E-state index in [0.29, 0.717) is 0 Å². The van der Waals surface area contributed by atoms with Gasteiger partial charge in [0.25, 0.3) is 0 Å². The van der Waals surface area contributed by atoms with Gasteiger partial charge in [-0.15, -0.1) is 0 Å². The van der Waals surface area contributed by atoms with Gasteiger partial charge < -0.3 is 28.8 Å². The maximum absolute atomic E-state index is 9.15. The van der Waals surface area contributed by atoms with Crippen LogP contribution in [-0.4, -0.2) is 46.4 Å². The van der Waals surface area contributed by atoms with Crippen LogP contribution in [0.1, 0.15) is 11.1 Å². The lowest BCUT2D eigenvalue weighted by molar-refractivity contribution is 0.248. The molecule has 0 saturated heterocycles. The smallest absolute Gasteiger partial charge is 0.386 e. The van der Waals surface area contributed by atoms with E-state index in [9.17, 15) is 0 Å². The Balaban J connectivity index is 2.12. The first-order valence-corrected chi connectivity index (χ1v) is 10.1. The maximum atomic E-state index is 9.15. The van der Waals surface area contributed by atoms with Gasteiger partial charge in [0.2, 0.25) is 0 Å². The molecule has 0 aliphatic heterocycles. The van der Waals surface area contributed by atoms with E-state index in [1.807, 2.05) is 0 Å². The summed E-state index contributed by atoms with van der Waals surface area (Å²) in [5.41, 5.74) is 1.59. The van der Waals surface area contributed by atoms with Gasteiger partial charge in [-0.05, 0) is 11.1 Å². The standard InChI is InChI=1S/C14H16O6Si2/c15-21(16,17)13-7-3-11(4-8-13)1-2-12-5-9-14(10-6-12)22(18,19)20/h1-10,15-20H. The first-order chi connectivity index (χ1) is 10.2.